The highest BCUT2D eigenvalue weighted by Gasteiger charge is 2.22. The lowest BCUT2D eigenvalue weighted by molar-refractivity contribution is -0.383. The van der Waals surface area contributed by atoms with Crippen LogP contribution in [-0.4, -0.2) is 22.0 Å². The third-order valence-corrected chi connectivity index (χ3v) is 2.71. The van der Waals surface area contributed by atoms with E-state index in [9.17, 15) is 10.1 Å². The Morgan fingerprint density at radius 1 is 1.33 bits per heavy atom. The molecule has 9 nitrogen and oxygen atoms in total. The third-order valence-electron chi connectivity index (χ3n) is 2.71. The van der Waals surface area contributed by atoms with Gasteiger partial charge in [-0.3, -0.25) is 10.1 Å². The van der Waals surface area contributed by atoms with Gasteiger partial charge in [0.15, 0.2) is 0 Å². The van der Waals surface area contributed by atoms with E-state index in [1.807, 2.05) is 12.1 Å². The van der Waals surface area contributed by atoms with Crippen LogP contribution in [-0.2, 0) is 11.3 Å². The summed E-state index contributed by atoms with van der Waals surface area (Å²) in [5.41, 5.74) is 3.36. The molecule has 0 atom stereocenters. The summed E-state index contributed by atoms with van der Waals surface area (Å²) in [6.07, 6.45) is 1.18. The maximum Gasteiger partial charge on any atom is 0.354 e. The van der Waals surface area contributed by atoms with Gasteiger partial charge in [0.05, 0.1) is 11.5 Å². The second-order valence-electron chi connectivity index (χ2n) is 4.04. The third kappa shape index (κ3) is 3.22. The molecule has 110 valence electrons. The fraction of sp³-hybridized carbons (Fsp3) is 0.167. The normalized spacial score (nSPS) is 10.2. The van der Waals surface area contributed by atoms with Gasteiger partial charge in [0.2, 0.25) is 11.6 Å². The van der Waals surface area contributed by atoms with E-state index in [-0.39, 0.29) is 17.3 Å². The number of hydrogen-bond acceptors (Lipinski definition) is 8. The molecule has 0 radical (unpaired) electrons. The average molecular weight is 290 g/mol. The van der Waals surface area contributed by atoms with Gasteiger partial charge in [-0.1, -0.05) is 18.2 Å². The Morgan fingerprint density at radius 3 is 2.71 bits per heavy atom. The van der Waals surface area contributed by atoms with Gasteiger partial charge in [-0.05, 0) is 6.07 Å². The van der Waals surface area contributed by atoms with Gasteiger partial charge in [-0.25, -0.2) is 15.8 Å². The number of hydrazine groups is 1. The van der Waals surface area contributed by atoms with Crippen molar-refractivity contribution in [2.75, 3.05) is 17.9 Å². The monoisotopic (exact) mass is 290 g/mol. The number of nitro groups is 1. The first-order valence-electron chi connectivity index (χ1n) is 5.97. The van der Waals surface area contributed by atoms with Crippen molar-refractivity contribution in [1.82, 2.24) is 9.97 Å². The van der Waals surface area contributed by atoms with Crippen molar-refractivity contribution in [3.63, 3.8) is 0 Å². The zero-order chi connectivity index (χ0) is 15.2. The fourth-order valence-electron chi connectivity index (χ4n) is 1.80. The number of nitrogen functional groups attached to an aromatic ring is 1. The first-order chi connectivity index (χ1) is 10.2. The van der Waals surface area contributed by atoms with Crippen molar-refractivity contribution in [3.8, 4) is 0 Å². The summed E-state index contributed by atoms with van der Waals surface area (Å²) >= 11 is 0. The van der Waals surface area contributed by atoms with Gasteiger partial charge in [0, 0.05) is 18.4 Å². The van der Waals surface area contributed by atoms with E-state index in [2.05, 4.69) is 20.7 Å². The molecule has 0 saturated carbocycles. The highest BCUT2D eigenvalue weighted by Crippen LogP contribution is 2.31. The minimum Gasteiger partial charge on any atom is -0.380 e. The van der Waals surface area contributed by atoms with Crippen molar-refractivity contribution in [1.29, 1.82) is 0 Å². The van der Waals surface area contributed by atoms with Crippen LogP contribution in [0.5, 0.6) is 0 Å². The smallest absolute Gasteiger partial charge is 0.354 e. The number of nitrogens with two attached hydrogens (primary N) is 1. The number of ether oxygens (including phenoxy) is 1. The van der Waals surface area contributed by atoms with Crippen LogP contribution >= 0.6 is 0 Å². The topological polar surface area (TPSA) is 128 Å². The molecule has 0 saturated heterocycles. The summed E-state index contributed by atoms with van der Waals surface area (Å²) in [4.78, 5) is 18.2. The van der Waals surface area contributed by atoms with Crippen LogP contribution in [0.1, 0.15) is 5.56 Å². The van der Waals surface area contributed by atoms with Crippen LogP contribution in [0.15, 0.2) is 30.6 Å². The van der Waals surface area contributed by atoms with E-state index in [1.165, 1.54) is 6.33 Å². The van der Waals surface area contributed by atoms with Gasteiger partial charge in [-0.15, -0.1) is 0 Å². The number of nitrogens with zero attached hydrogens (tertiary/aromatic N) is 3. The van der Waals surface area contributed by atoms with Crippen LogP contribution in [0.3, 0.4) is 0 Å². The summed E-state index contributed by atoms with van der Waals surface area (Å²) in [5, 5.41) is 14.1. The van der Waals surface area contributed by atoms with Gasteiger partial charge >= 0.3 is 5.69 Å². The van der Waals surface area contributed by atoms with Crippen molar-refractivity contribution in [2.45, 2.75) is 6.61 Å². The molecule has 0 bridgehead atoms. The number of para-hydroxylation sites is 1. The summed E-state index contributed by atoms with van der Waals surface area (Å²) in [6, 6.07) is 7.27. The lowest BCUT2D eigenvalue weighted by Gasteiger charge is -2.11. The summed E-state index contributed by atoms with van der Waals surface area (Å²) in [6.45, 7) is 0.365. The molecule has 1 aromatic carbocycles. The van der Waals surface area contributed by atoms with E-state index in [0.29, 0.717) is 12.3 Å². The molecule has 0 amide bonds. The first-order valence-corrected chi connectivity index (χ1v) is 5.97. The van der Waals surface area contributed by atoms with Crippen molar-refractivity contribution in [3.05, 3.63) is 46.3 Å². The van der Waals surface area contributed by atoms with Crippen LogP contribution in [0.4, 0.5) is 23.0 Å². The Kier molecular flexibility index (Phi) is 4.59. The van der Waals surface area contributed by atoms with E-state index < -0.39 is 4.92 Å². The van der Waals surface area contributed by atoms with E-state index in [0.717, 1.165) is 5.56 Å². The number of hydrogen-bond donors (Lipinski definition) is 3. The minimum atomic E-state index is -0.601. The Balaban J connectivity index is 2.42. The zero-order valence-electron chi connectivity index (χ0n) is 11.2. The molecule has 2 rings (SSSR count). The second kappa shape index (κ2) is 6.59. The number of nitrogens with one attached hydrogen (secondary N) is 2. The molecule has 4 N–H and O–H groups in total. The maximum atomic E-state index is 11.2. The SMILES string of the molecule is COCc1ccccc1Nc1ncnc(NN)c1[N+](=O)[O-]. The Hall–Kier alpha value is -2.78. The lowest BCUT2D eigenvalue weighted by atomic mass is 10.2. The second-order valence-corrected chi connectivity index (χ2v) is 4.04. The minimum absolute atomic E-state index is 0.0477. The van der Waals surface area contributed by atoms with Crippen LogP contribution in [0, 0.1) is 10.1 Å². The molecule has 0 aliphatic heterocycles. The molecule has 9 heteroatoms. The Labute approximate surface area is 120 Å². The number of benzene rings is 1. The summed E-state index contributed by atoms with van der Waals surface area (Å²) < 4.78 is 5.09. The van der Waals surface area contributed by atoms with E-state index in [1.54, 1.807) is 19.2 Å². The fourth-order valence-corrected chi connectivity index (χ4v) is 1.80. The lowest BCUT2D eigenvalue weighted by Crippen LogP contribution is -2.13. The van der Waals surface area contributed by atoms with Gasteiger partial charge in [-0.2, -0.15) is 0 Å². The molecule has 1 aromatic heterocycles. The molecule has 0 fully saturated rings. The molecular weight excluding hydrogens is 276 g/mol. The molecule has 0 spiro atoms. The quantitative estimate of drug-likeness (QED) is 0.415. The zero-order valence-corrected chi connectivity index (χ0v) is 11.2. The Morgan fingerprint density at radius 2 is 2.05 bits per heavy atom. The van der Waals surface area contributed by atoms with Crippen LogP contribution < -0.4 is 16.6 Å². The molecular formula is C12H14N6O3. The predicted molar refractivity (Wildman–Crippen MR) is 76.9 cm³/mol. The number of anilines is 3. The highest BCUT2D eigenvalue weighted by molar-refractivity contribution is 5.74. The Bertz CT molecular complexity index is 649. The summed E-state index contributed by atoms with van der Waals surface area (Å²) in [7, 11) is 1.57. The van der Waals surface area contributed by atoms with Crippen molar-refractivity contribution >= 4 is 23.0 Å². The average Bonchev–Trinajstić information content (AvgIpc) is 2.49. The maximum absolute atomic E-state index is 11.2. The number of rotatable bonds is 6. The molecule has 1 heterocycles. The van der Waals surface area contributed by atoms with Crippen molar-refractivity contribution < 1.29 is 9.66 Å². The predicted octanol–water partition coefficient (Wildman–Crippen LogP) is 1.56. The molecule has 0 aliphatic carbocycles. The number of aromatic nitrogens is 2. The van der Waals surface area contributed by atoms with Crippen LogP contribution in [0.25, 0.3) is 0 Å². The van der Waals surface area contributed by atoms with Crippen molar-refractivity contribution in [2.24, 2.45) is 5.84 Å². The van der Waals surface area contributed by atoms with E-state index >= 15 is 0 Å². The van der Waals surface area contributed by atoms with Gasteiger partial charge in [0.25, 0.3) is 0 Å². The van der Waals surface area contributed by atoms with Crippen LogP contribution in [0.2, 0.25) is 0 Å². The molecule has 0 aliphatic rings. The standard InChI is InChI=1S/C12H14N6O3/c1-21-6-8-4-2-3-5-9(8)16-11-10(18(19)20)12(17-13)15-7-14-11/h2-5,7H,6,13H2,1H3,(H2,14,15,16,17). The van der Waals surface area contributed by atoms with Gasteiger partial charge < -0.3 is 15.5 Å². The first kappa shape index (κ1) is 14.6. The highest BCUT2D eigenvalue weighted by atomic mass is 16.6. The number of methoxy groups -OCH3 is 1. The molecule has 21 heavy (non-hydrogen) atoms. The molecule has 0 unspecified atom stereocenters. The largest absolute Gasteiger partial charge is 0.380 e. The molecule has 2 aromatic rings. The van der Waals surface area contributed by atoms with Gasteiger partial charge in [0.1, 0.15) is 6.33 Å². The van der Waals surface area contributed by atoms with E-state index in [4.69, 9.17) is 10.6 Å². The summed E-state index contributed by atoms with van der Waals surface area (Å²) in [5.74, 6) is 5.22.